The van der Waals surface area contributed by atoms with Gasteiger partial charge >= 0.3 is 0 Å². The van der Waals surface area contributed by atoms with Crippen LogP contribution >= 0.6 is 0 Å². The van der Waals surface area contributed by atoms with E-state index in [1.54, 1.807) is 18.2 Å². The number of benzene rings is 2. The molecule has 4 rings (SSSR count). The van der Waals surface area contributed by atoms with Crippen molar-refractivity contribution < 1.29 is 28.8 Å². The molecule has 6 nitrogen and oxygen atoms in total. The minimum atomic E-state index is 0.00332. The zero-order chi connectivity index (χ0) is 16.1. The fraction of sp³-hybridized carbons (Fsp3) is 0.176. The molecule has 0 radical (unpaired) electrons. The first kappa shape index (κ1) is 13.6. The van der Waals surface area contributed by atoms with Gasteiger partial charge in [0.05, 0.1) is 19.8 Å². The summed E-state index contributed by atoms with van der Waals surface area (Å²) in [6.45, 7) is 0.317. The number of hydrogen-bond donors (Lipinski definition) is 2. The first-order valence-corrected chi connectivity index (χ1v) is 6.99. The lowest BCUT2D eigenvalue weighted by Gasteiger charge is -2.18. The van der Waals surface area contributed by atoms with E-state index in [4.69, 9.17) is 18.6 Å². The van der Waals surface area contributed by atoms with Crippen LogP contribution in [0.25, 0.3) is 22.3 Å². The second-order valence-corrected chi connectivity index (χ2v) is 5.24. The minimum absolute atomic E-state index is 0.00332. The van der Waals surface area contributed by atoms with E-state index in [0.29, 0.717) is 40.8 Å². The average molecular weight is 314 g/mol. The van der Waals surface area contributed by atoms with Crippen molar-refractivity contribution in [2.24, 2.45) is 0 Å². The largest absolute Gasteiger partial charge is 0.504 e. The summed E-state index contributed by atoms with van der Waals surface area (Å²) < 4.78 is 21.9. The van der Waals surface area contributed by atoms with E-state index in [2.05, 4.69) is 0 Å². The molecule has 6 heteroatoms. The number of hydrogen-bond acceptors (Lipinski definition) is 6. The van der Waals surface area contributed by atoms with Gasteiger partial charge in [-0.1, -0.05) is 0 Å². The maximum Gasteiger partial charge on any atom is 0.164 e. The molecule has 0 bridgehead atoms. The Morgan fingerprint density at radius 1 is 0.957 bits per heavy atom. The Hall–Kier alpha value is -3.02. The van der Waals surface area contributed by atoms with E-state index in [1.165, 1.54) is 20.3 Å². The van der Waals surface area contributed by atoms with Crippen LogP contribution in [0.3, 0.4) is 0 Å². The summed E-state index contributed by atoms with van der Waals surface area (Å²) in [6.07, 6.45) is 0. The predicted octanol–water partition coefficient (Wildman–Crippen LogP) is 3.42. The van der Waals surface area contributed by atoms with Gasteiger partial charge in [0.25, 0.3) is 0 Å². The third-order valence-corrected chi connectivity index (χ3v) is 3.99. The molecule has 0 unspecified atom stereocenters. The van der Waals surface area contributed by atoms with E-state index in [0.717, 1.165) is 10.9 Å². The standard InChI is InChI=1S/C17H14O6/c1-20-15-4-8-10-7-22-13-6-16(21-2)11(18)3-9(13)17(10)23-14(8)5-12(15)19/h3-6,18-19H,7H2,1-2H3. The second-order valence-electron chi connectivity index (χ2n) is 5.24. The SMILES string of the molecule is COc1cc2c(cc1O)-c1oc3cc(O)c(OC)cc3c1CO2. The lowest BCUT2D eigenvalue weighted by Crippen LogP contribution is -2.04. The lowest BCUT2D eigenvalue weighted by atomic mass is 10.0. The van der Waals surface area contributed by atoms with Crippen molar-refractivity contribution in [3.8, 4) is 40.1 Å². The summed E-state index contributed by atoms with van der Waals surface area (Å²) in [4.78, 5) is 0. The predicted molar refractivity (Wildman–Crippen MR) is 82.4 cm³/mol. The lowest BCUT2D eigenvalue weighted by molar-refractivity contribution is 0.295. The van der Waals surface area contributed by atoms with Gasteiger partial charge in [-0.3, -0.25) is 0 Å². The number of phenols is 2. The molecule has 118 valence electrons. The van der Waals surface area contributed by atoms with E-state index >= 15 is 0 Å². The number of phenolic OH excluding ortho intramolecular Hbond substituents is 2. The van der Waals surface area contributed by atoms with Crippen LogP contribution in [0.2, 0.25) is 0 Å². The van der Waals surface area contributed by atoms with Gasteiger partial charge in [0.15, 0.2) is 23.0 Å². The quantitative estimate of drug-likeness (QED) is 0.754. The number of furan rings is 1. The molecule has 2 heterocycles. The highest BCUT2D eigenvalue weighted by Gasteiger charge is 2.27. The molecule has 0 spiro atoms. The third kappa shape index (κ3) is 1.88. The molecule has 0 amide bonds. The van der Waals surface area contributed by atoms with Gasteiger partial charge < -0.3 is 28.8 Å². The molecule has 0 saturated heterocycles. The van der Waals surface area contributed by atoms with E-state index in [9.17, 15) is 10.2 Å². The smallest absolute Gasteiger partial charge is 0.164 e. The van der Waals surface area contributed by atoms with Crippen LogP contribution in [0.4, 0.5) is 0 Å². The van der Waals surface area contributed by atoms with Gasteiger partial charge in [-0.05, 0) is 12.1 Å². The maximum absolute atomic E-state index is 10.0. The van der Waals surface area contributed by atoms with Crippen LogP contribution in [0.1, 0.15) is 5.56 Å². The second kappa shape index (κ2) is 4.74. The zero-order valence-electron chi connectivity index (χ0n) is 12.5. The molecule has 0 atom stereocenters. The Morgan fingerprint density at radius 2 is 1.65 bits per heavy atom. The minimum Gasteiger partial charge on any atom is -0.504 e. The first-order valence-electron chi connectivity index (χ1n) is 6.99. The number of fused-ring (bicyclic) bond motifs is 5. The normalized spacial score (nSPS) is 12.4. The van der Waals surface area contributed by atoms with Crippen LogP contribution < -0.4 is 14.2 Å². The summed E-state index contributed by atoms with van der Waals surface area (Å²) in [7, 11) is 2.97. The van der Waals surface area contributed by atoms with Gasteiger partial charge in [-0.15, -0.1) is 0 Å². The Kier molecular flexibility index (Phi) is 2.81. The van der Waals surface area contributed by atoms with Gasteiger partial charge in [0, 0.05) is 23.1 Å². The summed E-state index contributed by atoms with van der Waals surface area (Å²) in [5.74, 6) is 1.88. The van der Waals surface area contributed by atoms with Crippen LogP contribution in [0.15, 0.2) is 28.7 Å². The topological polar surface area (TPSA) is 81.3 Å². The molecule has 0 saturated carbocycles. The third-order valence-electron chi connectivity index (χ3n) is 3.99. The van der Waals surface area contributed by atoms with Gasteiger partial charge in [0.1, 0.15) is 23.7 Å². The Balaban J connectivity index is 1.98. The summed E-state index contributed by atoms with van der Waals surface area (Å²) in [6, 6.07) is 6.39. The number of rotatable bonds is 2. The molecular formula is C17H14O6. The summed E-state index contributed by atoms with van der Waals surface area (Å²) in [5.41, 5.74) is 2.01. The molecule has 2 N–H and O–H groups in total. The highest BCUT2D eigenvalue weighted by atomic mass is 16.5. The number of ether oxygens (including phenoxy) is 3. The molecule has 1 aliphatic heterocycles. The Bertz CT molecular complexity index is 925. The molecule has 0 aliphatic carbocycles. The van der Waals surface area contributed by atoms with Crippen LogP contribution in [-0.4, -0.2) is 24.4 Å². The molecule has 2 aromatic carbocycles. The van der Waals surface area contributed by atoms with Crippen molar-refractivity contribution in [3.63, 3.8) is 0 Å². The summed E-state index contributed by atoms with van der Waals surface area (Å²) >= 11 is 0. The monoisotopic (exact) mass is 314 g/mol. The van der Waals surface area contributed by atoms with Crippen molar-refractivity contribution in [1.29, 1.82) is 0 Å². The van der Waals surface area contributed by atoms with Gasteiger partial charge in [-0.25, -0.2) is 0 Å². The Labute approximate surface area is 131 Å². The van der Waals surface area contributed by atoms with E-state index in [1.807, 2.05) is 0 Å². The number of aromatic hydroxyl groups is 2. The molecule has 23 heavy (non-hydrogen) atoms. The van der Waals surface area contributed by atoms with Crippen molar-refractivity contribution in [3.05, 3.63) is 29.8 Å². The Morgan fingerprint density at radius 3 is 2.39 bits per heavy atom. The maximum atomic E-state index is 10.0. The van der Waals surface area contributed by atoms with Crippen LogP contribution in [0.5, 0.6) is 28.7 Å². The highest BCUT2D eigenvalue weighted by Crippen LogP contribution is 2.48. The van der Waals surface area contributed by atoms with Crippen molar-refractivity contribution >= 4 is 11.0 Å². The van der Waals surface area contributed by atoms with Gasteiger partial charge in [0.2, 0.25) is 0 Å². The van der Waals surface area contributed by atoms with Crippen LogP contribution in [0, 0.1) is 0 Å². The van der Waals surface area contributed by atoms with Gasteiger partial charge in [-0.2, -0.15) is 0 Å². The van der Waals surface area contributed by atoms with Crippen LogP contribution in [-0.2, 0) is 6.61 Å². The molecule has 0 fully saturated rings. The molecule has 1 aliphatic rings. The number of methoxy groups -OCH3 is 2. The molecular weight excluding hydrogens is 300 g/mol. The van der Waals surface area contributed by atoms with E-state index in [-0.39, 0.29) is 11.5 Å². The van der Waals surface area contributed by atoms with E-state index < -0.39 is 0 Å². The average Bonchev–Trinajstić information content (AvgIpc) is 2.91. The fourth-order valence-electron chi connectivity index (χ4n) is 2.85. The zero-order valence-corrected chi connectivity index (χ0v) is 12.5. The fourth-order valence-corrected chi connectivity index (χ4v) is 2.85. The van der Waals surface area contributed by atoms with Crippen molar-refractivity contribution in [2.75, 3.05) is 14.2 Å². The summed E-state index contributed by atoms with van der Waals surface area (Å²) in [5, 5.41) is 20.7. The molecule has 3 aromatic rings. The molecule has 1 aromatic heterocycles. The highest BCUT2D eigenvalue weighted by molar-refractivity contribution is 5.92. The first-order chi connectivity index (χ1) is 11.1. The van der Waals surface area contributed by atoms with Crippen molar-refractivity contribution in [2.45, 2.75) is 6.61 Å². The van der Waals surface area contributed by atoms with Crippen molar-refractivity contribution in [1.82, 2.24) is 0 Å².